The summed E-state index contributed by atoms with van der Waals surface area (Å²) < 4.78 is 5.70. The number of piperidine rings is 1. The molecule has 43 heavy (non-hydrogen) atoms. The van der Waals surface area contributed by atoms with Crippen molar-refractivity contribution < 1.29 is 14.6 Å². The molecule has 0 bridgehead atoms. The molecule has 0 saturated carbocycles. The molecule has 1 aliphatic heterocycles. The zero-order valence-electron chi connectivity index (χ0n) is 24.6. The minimum Gasteiger partial charge on any atom is -0.506 e. The second kappa shape index (κ2) is 17.5. The van der Waals surface area contributed by atoms with Gasteiger partial charge in [0.2, 0.25) is 0 Å². The maximum Gasteiger partial charge on any atom is 0.411 e. The fourth-order valence-corrected chi connectivity index (χ4v) is 5.24. The van der Waals surface area contributed by atoms with Crippen LogP contribution in [0.4, 0.5) is 4.79 Å². The van der Waals surface area contributed by atoms with Crippen LogP contribution >= 0.6 is 23.2 Å². The number of carbonyl (C=O) groups is 1. The number of hydrogen-bond acceptors (Lipinski definition) is 5. The Labute approximate surface area is 265 Å². The Morgan fingerprint density at radius 1 is 1.05 bits per heavy atom. The Hall–Kier alpha value is -3.55. The van der Waals surface area contributed by atoms with Crippen LogP contribution in [0.1, 0.15) is 29.5 Å². The molecule has 0 aromatic heterocycles. The molecule has 0 spiro atoms. The second-order valence-electron chi connectivity index (χ2n) is 10.4. The summed E-state index contributed by atoms with van der Waals surface area (Å²) in [4.78, 5) is 15.0. The Bertz CT molecular complexity index is 1360. The highest BCUT2D eigenvalue weighted by Gasteiger charge is 2.23. The molecule has 2 aromatic carbocycles. The second-order valence-corrected chi connectivity index (χ2v) is 11.2. The largest absolute Gasteiger partial charge is 0.506 e. The van der Waals surface area contributed by atoms with Crippen molar-refractivity contribution in [2.24, 2.45) is 0 Å². The smallest absolute Gasteiger partial charge is 0.411 e. The molecule has 1 saturated heterocycles. The number of halogens is 2. The van der Waals surface area contributed by atoms with E-state index >= 15 is 0 Å². The quantitative estimate of drug-likeness (QED) is 0.140. The van der Waals surface area contributed by atoms with Gasteiger partial charge >= 0.3 is 6.09 Å². The third-order valence-electron chi connectivity index (χ3n) is 7.23. The van der Waals surface area contributed by atoms with Crippen LogP contribution < -0.4 is 10.6 Å². The highest BCUT2D eigenvalue weighted by molar-refractivity contribution is 6.35. The molecule has 0 atom stereocenters. The topological polar surface area (TPSA) is 73.8 Å². The molecule has 8 heteroatoms. The molecule has 3 N–H and O–H groups in total. The van der Waals surface area contributed by atoms with Gasteiger partial charge in [-0.3, -0.25) is 5.32 Å². The predicted molar refractivity (Wildman–Crippen MR) is 179 cm³/mol. The number of rotatable bonds is 15. The van der Waals surface area contributed by atoms with E-state index in [2.05, 4.69) is 66.1 Å². The number of amides is 1. The van der Waals surface area contributed by atoms with Crippen molar-refractivity contribution in [2.45, 2.75) is 38.3 Å². The minimum absolute atomic E-state index is 0.0676. The van der Waals surface area contributed by atoms with E-state index in [9.17, 15) is 9.90 Å². The third kappa shape index (κ3) is 11.2. The number of ether oxygens (including phenoxy) is 1. The number of nitrogens with zero attached hydrogens (tertiary/aromatic N) is 1. The van der Waals surface area contributed by atoms with Crippen LogP contribution in [0.5, 0.6) is 5.75 Å². The van der Waals surface area contributed by atoms with Gasteiger partial charge in [0, 0.05) is 36.8 Å². The first kappa shape index (κ1) is 33.9. The molecule has 1 heterocycles. The Balaban J connectivity index is 1.35. The molecule has 3 rings (SSSR count). The van der Waals surface area contributed by atoms with Gasteiger partial charge in [0.25, 0.3) is 0 Å². The molecule has 6 nitrogen and oxygen atoms in total. The molecular weight excluding hydrogens is 581 g/mol. The van der Waals surface area contributed by atoms with Crippen LogP contribution in [0.2, 0.25) is 10.0 Å². The first-order valence-corrected chi connectivity index (χ1v) is 15.1. The first-order chi connectivity index (χ1) is 20.7. The number of benzene rings is 2. The van der Waals surface area contributed by atoms with E-state index < -0.39 is 6.09 Å². The summed E-state index contributed by atoms with van der Waals surface area (Å²) in [6, 6.07) is 11.9. The van der Waals surface area contributed by atoms with Gasteiger partial charge in [-0.05, 0) is 72.7 Å². The van der Waals surface area contributed by atoms with Crippen molar-refractivity contribution in [2.75, 3.05) is 26.2 Å². The average molecular weight is 623 g/mol. The van der Waals surface area contributed by atoms with Gasteiger partial charge in [-0.15, -0.1) is 0 Å². The monoisotopic (exact) mass is 621 g/mol. The number of phenols is 1. The van der Waals surface area contributed by atoms with Gasteiger partial charge in [-0.2, -0.15) is 0 Å². The van der Waals surface area contributed by atoms with Crippen molar-refractivity contribution in [3.8, 4) is 5.75 Å². The summed E-state index contributed by atoms with van der Waals surface area (Å²) in [7, 11) is 0. The number of likely N-dealkylation sites (tertiary alicyclic amines) is 1. The number of hydrogen-bond donors (Lipinski definition) is 3. The van der Waals surface area contributed by atoms with Crippen LogP contribution in [0.25, 0.3) is 0 Å². The van der Waals surface area contributed by atoms with Crippen LogP contribution in [0, 0.1) is 0 Å². The number of aromatic hydroxyl groups is 1. The Morgan fingerprint density at radius 3 is 2.37 bits per heavy atom. The van der Waals surface area contributed by atoms with Crippen LogP contribution in [0.3, 0.4) is 0 Å². The van der Waals surface area contributed by atoms with Crippen molar-refractivity contribution in [1.82, 2.24) is 15.5 Å². The molecule has 1 fully saturated rings. The summed E-state index contributed by atoms with van der Waals surface area (Å²) in [5, 5.41) is 17.0. The normalized spacial score (nSPS) is 14.4. The predicted octanol–water partition coefficient (Wildman–Crippen LogP) is 7.69. The molecule has 0 radical (unpaired) electrons. The first-order valence-electron chi connectivity index (χ1n) is 14.4. The van der Waals surface area contributed by atoms with E-state index in [1.807, 2.05) is 0 Å². The van der Waals surface area contributed by atoms with E-state index in [0.29, 0.717) is 34.0 Å². The summed E-state index contributed by atoms with van der Waals surface area (Å²) in [6.07, 6.45) is 11.2. The van der Waals surface area contributed by atoms with Crippen molar-refractivity contribution >= 4 is 29.3 Å². The average Bonchev–Trinajstić information content (AvgIpc) is 3.00. The maximum atomic E-state index is 12.6. The summed E-state index contributed by atoms with van der Waals surface area (Å²) in [5.41, 5.74) is 4.96. The van der Waals surface area contributed by atoms with Crippen molar-refractivity contribution in [3.63, 3.8) is 0 Å². The summed E-state index contributed by atoms with van der Waals surface area (Å²) >= 11 is 12.0. The fourth-order valence-electron chi connectivity index (χ4n) is 4.70. The van der Waals surface area contributed by atoms with E-state index in [4.69, 9.17) is 27.9 Å². The Kier molecular flexibility index (Phi) is 13.8. The van der Waals surface area contributed by atoms with E-state index in [0.717, 1.165) is 51.9 Å². The zero-order valence-corrected chi connectivity index (χ0v) is 26.1. The molecule has 0 unspecified atom stereocenters. The van der Waals surface area contributed by atoms with Gasteiger partial charge in [0.1, 0.15) is 11.9 Å². The highest BCUT2D eigenvalue weighted by atomic mass is 35.5. The maximum absolute atomic E-state index is 12.6. The lowest BCUT2D eigenvalue weighted by atomic mass is 10.0. The summed E-state index contributed by atoms with van der Waals surface area (Å²) in [5.74, 6) is 0.0676. The molecular formula is C35H41Cl2N3O3. The zero-order chi connectivity index (χ0) is 31.2. The molecule has 1 amide bonds. The lowest BCUT2D eigenvalue weighted by Crippen LogP contribution is -2.40. The SMILES string of the molecule is C=C/C=C\C(=C)C(=C)/C(=C\C=C)NC(=O)OC1CCN(CCc2ccc(CCNCc3cc(Cl)cc(Cl)c3O)cc2)CC1. The lowest BCUT2D eigenvalue weighted by molar-refractivity contribution is 0.0527. The molecule has 228 valence electrons. The number of alkyl carbamates (subject to hydrolysis) is 1. The molecule has 1 aliphatic rings. The number of nitrogens with one attached hydrogen (secondary N) is 2. The van der Waals surface area contributed by atoms with E-state index in [1.54, 1.807) is 36.4 Å². The number of phenolic OH excluding ortho intramolecular Hbond substituents is 1. The van der Waals surface area contributed by atoms with Crippen LogP contribution in [-0.4, -0.2) is 48.4 Å². The van der Waals surface area contributed by atoms with Crippen molar-refractivity contribution in [1.29, 1.82) is 0 Å². The van der Waals surface area contributed by atoms with E-state index in [1.165, 1.54) is 17.2 Å². The minimum atomic E-state index is -0.504. The number of carbonyl (C=O) groups excluding carboxylic acids is 1. The van der Waals surface area contributed by atoms with Crippen LogP contribution in [0.15, 0.2) is 110 Å². The van der Waals surface area contributed by atoms with Gasteiger partial charge in [-0.25, -0.2) is 4.79 Å². The molecule has 2 aromatic rings. The highest BCUT2D eigenvalue weighted by Crippen LogP contribution is 2.31. The van der Waals surface area contributed by atoms with Gasteiger partial charge in [-0.1, -0.05) is 98.1 Å². The van der Waals surface area contributed by atoms with Crippen LogP contribution in [-0.2, 0) is 24.1 Å². The van der Waals surface area contributed by atoms with E-state index in [-0.39, 0.29) is 16.9 Å². The van der Waals surface area contributed by atoms with Gasteiger partial charge in [0.05, 0.1) is 10.7 Å². The fraction of sp³-hybridized carbons (Fsp3) is 0.286. The Morgan fingerprint density at radius 2 is 1.72 bits per heavy atom. The third-order valence-corrected chi connectivity index (χ3v) is 7.73. The lowest BCUT2D eigenvalue weighted by Gasteiger charge is -2.31. The molecule has 0 aliphatic carbocycles. The number of allylic oxidation sites excluding steroid dienone is 6. The standard InChI is InChI=1S/C35H41Cl2N3O3/c1-5-7-9-25(3)26(4)33(8-6-2)39-35(42)43-31-16-20-40(21-17-31)19-15-28-12-10-27(11-13-28)14-18-38-24-29-22-30(36)23-32(37)34(29)41/h5-13,22-23,31,38,41H,1-4,14-21,24H2,(H,39,42)/b9-7-,33-8+. The van der Waals surface area contributed by atoms with Gasteiger partial charge < -0.3 is 20.1 Å². The van der Waals surface area contributed by atoms with Crippen molar-refractivity contribution in [3.05, 3.63) is 137 Å². The van der Waals surface area contributed by atoms with Gasteiger partial charge in [0.15, 0.2) is 0 Å². The summed E-state index contributed by atoms with van der Waals surface area (Å²) in [6.45, 7) is 19.3.